The van der Waals surface area contributed by atoms with Gasteiger partial charge in [-0.25, -0.2) is 0 Å². The normalized spacial score (nSPS) is 32.2. The van der Waals surface area contributed by atoms with Gasteiger partial charge in [-0.1, -0.05) is 11.2 Å². The lowest BCUT2D eigenvalue weighted by molar-refractivity contribution is -0.119. The zero-order chi connectivity index (χ0) is 7.56. The summed E-state index contributed by atoms with van der Waals surface area (Å²) in [7, 11) is 0. The van der Waals surface area contributed by atoms with Crippen molar-refractivity contribution in [2.75, 3.05) is 11.5 Å². The molecule has 0 aromatic heterocycles. The Labute approximate surface area is 63.4 Å². The third kappa shape index (κ3) is 2.19. The summed E-state index contributed by atoms with van der Waals surface area (Å²) < 4.78 is 10.8. The SMILES string of the molecule is CC(=O)NC1CC[S+]([O-])C1. The molecule has 4 heteroatoms. The van der Waals surface area contributed by atoms with Gasteiger partial charge in [0, 0.05) is 13.3 Å². The number of nitrogens with one attached hydrogen (secondary N) is 1. The molecule has 58 valence electrons. The summed E-state index contributed by atoms with van der Waals surface area (Å²) in [4.78, 5) is 10.5. The molecule has 0 aromatic carbocycles. The number of hydrogen-bond acceptors (Lipinski definition) is 2. The summed E-state index contributed by atoms with van der Waals surface area (Å²) in [5, 5.41) is 2.74. The number of hydrogen-bond donors (Lipinski definition) is 1. The quantitative estimate of drug-likeness (QED) is 0.534. The highest BCUT2D eigenvalue weighted by atomic mass is 32.2. The third-order valence-corrected chi connectivity index (χ3v) is 2.95. The van der Waals surface area contributed by atoms with Gasteiger partial charge in [0.1, 0.15) is 11.5 Å². The highest BCUT2D eigenvalue weighted by molar-refractivity contribution is 7.91. The molecule has 1 amide bonds. The summed E-state index contributed by atoms with van der Waals surface area (Å²) in [6, 6.07) is 0.165. The van der Waals surface area contributed by atoms with E-state index in [1.165, 1.54) is 6.92 Å². The first-order chi connectivity index (χ1) is 4.68. The zero-order valence-electron chi connectivity index (χ0n) is 5.92. The molecule has 1 fully saturated rings. The molecule has 0 saturated carbocycles. The van der Waals surface area contributed by atoms with Crippen LogP contribution in [0.3, 0.4) is 0 Å². The van der Waals surface area contributed by atoms with Gasteiger partial charge < -0.3 is 9.87 Å². The predicted octanol–water partition coefficient (Wildman–Crippen LogP) is -0.357. The molecule has 1 N–H and O–H groups in total. The Balaban J connectivity index is 2.24. The molecule has 1 aliphatic rings. The lowest BCUT2D eigenvalue weighted by Crippen LogP contribution is -2.33. The summed E-state index contributed by atoms with van der Waals surface area (Å²) in [6.07, 6.45) is 0.867. The van der Waals surface area contributed by atoms with E-state index >= 15 is 0 Å². The summed E-state index contributed by atoms with van der Waals surface area (Å²) in [5.74, 6) is 1.36. The standard InChI is InChI=1S/C6H11NO2S/c1-5(8)7-6-2-3-10(9)4-6/h6H,2-4H2,1H3,(H,7,8). The molecule has 0 spiro atoms. The van der Waals surface area contributed by atoms with E-state index in [2.05, 4.69) is 5.32 Å². The Hall–Kier alpha value is -0.220. The number of carbonyl (C=O) groups is 1. The zero-order valence-corrected chi connectivity index (χ0v) is 6.74. The van der Waals surface area contributed by atoms with Gasteiger partial charge in [-0.15, -0.1) is 0 Å². The Morgan fingerprint density at radius 3 is 2.90 bits per heavy atom. The van der Waals surface area contributed by atoms with E-state index in [4.69, 9.17) is 0 Å². The Morgan fingerprint density at radius 2 is 2.50 bits per heavy atom. The monoisotopic (exact) mass is 161 g/mol. The maximum absolute atomic E-state index is 10.8. The van der Waals surface area contributed by atoms with Crippen LogP contribution in [-0.2, 0) is 16.0 Å². The smallest absolute Gasteiger partial charge is 0.217 e. The third-order valence-electron chi connectivity index (χ3n) is 1.49. The van der Waals surface area contributed by atoms with Crippen molar-refractivity contribution in [3.8, 4) is 0 Å². The van der Waals surface area contributed by atoms with E-state index in [9.17, 15) is 9.35 Å². The van der Waals surface area contributed by atoms with E-state index in [0.29, 0.717) is 5.75 Å². The van der Waals surface area contributed by atoms with Gasteiger partial charge in [0.25, 0.3) is 0 Å². The minimum Gasteiger partial charge on any atom is -0.616 e. The fourth-order valence-corrected chi connectivity index (χ4v) is 2.48. The molecule has 1 rings (SSSR count). The van der Waals surface area contributed by atoms with Crippen molar-refractivity contribution in [1.82, 2.24) is 5.32 Å². The number of rotatable bonds is 1. The van der Waals surface area contributed by atoms with Crippen LogP contribution in [0.15, 0.2) is 0 Å². The first kappa shape index (κ1) is 7.88. The second-order valence-corrected chi connectivity index (χ2v) is 4.12. The molecular weight excluding hydrogens is 150 g/mol. The van der Waals surface area contributed by atoms with Gasteiger partial charge in [-0.2, -0.15) is 0 Å². The molecule has 2 unspecified atom stereocenters. The second-order valence-electron chi connectivity index (χ2n) is 2.50. The molecule has 0 aliphatic carbocycles. The second kappa shape index (κ2) is 3.25. The van der Waals surface area contributed by atoms with Crippen molar-refractivity contribution in [3.05, 3.63) is 0 Å². The Morgan fingerprint density at radius 1 is 1.80 bits per heavy atom. The largest absolute Gasteiger partial charge is 0.616 e. The molecule has 0 radical (unpaired) electrons. The van der Waals surface area contributed by atoms with Gasteiger partial charge in [-0.3, -0.25) is 4.79 Å². The first-order valence-electron chi connectivity index (χ1n) is 3.30. The van der Waals surface area contributed by atoms with Crippen molar-refractivity contribution >= 4 is 17.1 Å². The maximum atomic E-state index is 10.8. The highest BCUT2D eigenvalue weighted by Gasteiger charge is 2.26. The molecule has 10 heavy (non-hydrogen) atoms. The van der Waals surface area contributed by atoms with Crippen molar-refractivity contribution in [3.63, 3.8) is 0 Å². The molecule has 1 aliphatic heterocycles. The minimum absolute atomic E-state index is 0.0242. The fourth-order valence-electron chi connectivity index (χ4n) is 1.07. The lowest BCUT2D eigenvalue weighted by Gasteiger charge is -2.06. The van der Waals surface area contributed by atoms with Crippen LogP contribution < -0.4 is 5.32 Å². The minimum atomic E-state index is -0.684. The van der Waals surface area contributed by atoms with Crippen molar-refractivity contribution in [2.24, 2.45) is 0 Å². The average Bonchev–Trinajstić information content (AvgIpc) is 2.13. The fraction of sp³-hybridized carbons (Fsp3) is 0.833. The molecule has 0 aromatic rings. The van der Waals surface area contributed by atoms with Crippen LogP contribution in [0.5, 0.6) is 0 Å². The van der Waals surface area contributed by atoms with Crippen molar-refractivity contribution in [1.29, 1.82) is 0 Å². The van der Waals surface area contributed by atoms with E-state index in [1.807, 2.05) is 0 Å². The van der Waals surface area contributed by atoms with Crippen LogP contribution in [-0.4, -0.2) is 28.0 Å². The Bertz CT molecular complexity index is 140. The molecule has 1 saturated heterocycles. The molecule has 1 heterocycles. The van der Waals surface area contributed by atoms with Gasteiger partial charge in [0.15, 0.2) is 0 Å². The summed E-state index contributed by atoms with van der Waals surface area (Å²) in [5.41, 5.74) is 0. The maximum Gasteiger partial charge on any atom is 0.217 e. The van der Waals surface area contributed by atoms with Crippen molar-refractivity contribution < 1.29 is 9.35 Å². The predicted molar refractivity (Wildman–Crippen MR) is 40.1 cm³/mol. The van der Waals surface area contributed by atoms with Crippen LogP contribution in [0.2, 0.25) is 0 Å². The topological polar surface area (TPSA) is 52.2 Å². The molecule has 3 nitrogen and oxygen atoms in total. The number of amides is 1. The molecule has 0 bridgehead atoms. The average molecular weight is 161 g/mol. The van der Waals surface area contributed by atoms with Gasteiger partial charge >= 0.3 is 0 Å². The van der Waals surface area contributed by atoms with Gasteiger partial charge in [0.2, 0.25) is 5.91 Å². The van der Waals surface area contributed by atoms with E-state index < -0.39 is 11.2 Å². The summed E-state index contributed by atoms with van der Waals surface area (Å²) in [6.45, 7) is 1.49. The molecular formula is C6H11NO2S. The summed E-state index contributed by atoms with van der Waals surface area (Å²) >= 11 is -0.684. The lowest BCUT2D eigenvalue weighted by atomic mass is 10.3. The van der Waals surface area contributed by atoms with E-state index in [0.717, 1.165) is 12.2 Å². The highest BCUT2D eigenvalue weighted by Crippen LogP contribution is 2.10. The van der Waals surface area contributed by atoms with Crippen molar-refractivity contribution in [2.45, 2.75) is 19.4 Å². The van der Waals surface area contributed by atoms with Crippen LogP contribution in [0.25, 0.3) is 0 Å². The van der Waals surface area contributed by atoms with E-state index in [-0.39, 0.29) is 11.9 Å². The van der Waals surface area contributed by atoms with Gasteiger partial charge in [0.05, 0.1) is 6.04 Å². The van der Waals surface area contributed by atoms with Crippen LogP contribution in [0.4, 0.5) is 0 Å². The Kier molecular flexibility index (Phi) is 2.56. The first-order valence-corrected chi connectivity index (χ1v) is 4.79. The van der Waals surface area contributed by atoms with Crippen LogP contribution >= 0.6 is 0 Å². The molecule has 2 atom stereocenters. The van der Waals surface area contributed by atoms with E-state index in [1.54, 1.807) is 0 Å². The van der Waals surface area contributed by atoms with Crippen LogP contribution in [0, 0.1) is 0 Å². The van der Waals surface area contributed by atoms with Crippen LogP contribution in [0.1, 0.15) is 13.3 Å². The number of carbonyl (C=O) groups excluding carboxylic acids is 1. The van der Waals surface area contributed by atoms with Gasteiger partial charge in [-0.05, 0) is 0 Å².